The lowest BCUT2D eigenvalue weighted by Crippen LogP contribution is -2.24. The summed E-state index contributed by atoms with van der Waals surface area (Å²) in [6.07, 6.45) is 1.30. The van der Waals surface area contributed by atoms with Gasteiger partial charge in [-0.3, -0.25) is 4.79 Å². The first-order valence-electron chi connectivity index (χ1n) is 9.42. The number of ketones is 1. The fourth-order valence-corrected chi connectivity index (χ4v) is 2.76. The van der Waals surface area contributed by atoms with Crippen LogP contribution in [0.15, 0.2) is 12.1 Å². The van der Waals surface area contributed by atoms with Crippen molar-refractivity contribution in [2.24, 2.45) is 0 Å². The second-order valence-electron chi connectivity index (χ2n) is 5.65. The van der Waals surface area contributed by atoms with Crippen molar-refractivity contribution in [3.8, 4) is 17.2 Å². The van der Waals surface area contributed by atoms with Crippen LogP contribution in [0.4, 0.5) is 0 Å². The molecule has 1 aromatic rings. The number of rotatable bonds is 13. The minimum atomic E-state index is 0.0575. The van der Waals surface area contributed by atoms with Crippen LogP contribution in [-0.2, 0) is 0 Å². The lowest BCUT2D eigenvalue weighted by Gasteiger charge is -2.19. The first-order chi connectivity index (χ1) is 12.1. The maximum atomic E-state index is 12.8. The lowest BCUT2D eigenvalue weighted by atomic mass is 10.0. The molecule has 0 heterocycles. The first-order valence-corrected chi connectivity index (χ1v) is 9.42. The molecule has 25 heavy (non-hydrogen) atoms. The van der Waals surface area contributed by atoms with Crippen LogP contribution in [0.5, 0.6) is 17.2 Å². The molecule has 0 aromatic heterocycles. The topological polar surface area (TPSA) is 48.0 Å². The summed E-state index contributed by atoms with van der Waals surface area (Å²) in [5.74, 6) is 1.81. The third-order valence-corrected chi connectivity index (χ3v) is 4.00. The zero-order valence-electron chi connectivity index (χ0n) is 16.4. The Morgan fingerprint density at radius 2 is 1.40 bits per heavy atom. The molecule has 1 rings (SSSR count). The minimum Gasteiger partial charge on any atom is -0.494 e. The van der Waals surface area contributed by atoms with Crippen molar-refractivity contribution in [2.75, 3.05) is 39.5 Å². The van der Waals surface area contributed by atoms with Crippen LogP contribution < -0.4 is 14.2 Å². The van der Waals surface area contributed by atoms with E-state index in [-0.39, 0.29) is 5.78 Å². The quantitative estimate of drug-likeness (QED) is 0.499. The summed E-state index contributed by atoms with van der Waals surface area (Å²) < 4.78 is 17.0. The largest absolute Gasteiger partial charge is 0.494 e. The molecule has 0 unspecified atom stereocenters. The van der Waals surface area contributed by atoms with Crippen LogP contribution in [0, 0.1) is 0 Å². The predicted octanol–water partition coefficient (Wildman–Crippen LogP) is 4.19. The van der Waals surface area contributed by atoms with Crippen LogP contribution in [0.2, 0.25) is 0 Å². The Hall–Kier alpha value is -1.75. The molecule has 0 saturated heterocycles. The number of carbonyl (C=O) groups is 1. The Morgan fingerprint density at radius 3 is 1.84 bits per heavy atom. The highest BCUT2D eigenvalue weighted by atomic mass is 16.5. The Labute approximate surface area is 152 Å². The molecular weight excluding hydrogens is 318 g/mol. The van der Waals surface area contributed by atoms with Gasteiger partial charge in [0.05, 0.1) is 19.8 Å². The van der Waals surface area contributed by atoms with Crippen molar-refractivity contribution in [2.45, 2.75) is 47.5 Å². The number of carbonyl (C=O) groups excluding carboxylic acids is 1. The molecule has 5 nitrogen and oxygen atoms in total. The number of Topliss-reactive ketones (excluding diaryl/α,β-unsaturated/α-hetero) is 1. The molecule has 0 spiro atoms. The number of benzene rings is 1. The molecule has 0 fully saturated rings. The van der Waals surface area contributed by atoms with Gasteiger partial charge in [-0.1, -0.05) is 13.8 Å². The normalized spacial score (nSPS) is 10.8. The Bertz CT molecular complexity index is 499. The van der Waals surface area contributed by atoms with Crippen LogP contribution >= 0.6 is 0 Å². The standard InChI is InChI=1S/C20H33NO4/c1-6-21(7-2)13-11-12-17(22)20-18(24-9-4)14-16(23-8-3)15-19(20)25-10-5/h14-15H,6-13H2,1-5H3. The van der Waals surface area contributed by atoms with Crippen molar-refractivity contribution in [3.05, 3.63) is 17.7 Å². The van der Waals surface area contributed by atoms with Crippen molar-refractivity contribution in [1.29, 1.82) is 0 Å². The zero-order chi connectivity index (χ0) is 18.7. The Kier molecular flexibility index (Phi) is 10.0. The molecule has 0 aliphatic heterocycles. The fraction of sp³-hybridized carbons (Fsp3) is 0.650. The summed E-state index contributed by atoms with van der Waals surface area (Å²) in [7, 11) is 0. The van der Waals surface area contributed by atoms with E-state index in [0.29, 0.717) is 49.1 Å². The average Bonchev–Trinajstić information content (AvgIpc) is 2.59. The van der Waals surface area contributed by atoms with Gasteiger partial charge in [-0.2, -0.15) is 0 Å². The van der Waals surface area contributed by atoms with E-state index in [0.717, 1.165) is 26.1 Å². The molecule has 0 aliphatic rings. The maximum absolute atomic E-state index is 12.8. The lowest BCUT2D eigenvalue weighted by molar-refractivity contribution is 0.0967. The van der Waals surface area contributed by atoms with E-state index >= 15 is 0 Å². The van der Waals surface area contributed by atoms with Gasteiger partial charge in [0.25, 0.3) is 0 Å². The first kappa shape index (κ1) is 21.3. The molecule has 5 heteroatoms. The molecule has 142 valence electrons. The molecule has 0 aliphatic carbocycles. The molecule has 0 atom stereocenters. The molecular formula is C20H33NO4. The second-order valence-corrected chi connectivity index (χ2v) is 5.65. The van der Waals surface area contributed by atoms with Gasteiger partial charge in [0.15, 0.2) is 5.78 Å². The van der Waals surface area contributed by atoms with Gasteiger partial charge in [0.1, 0.15) is 22.8 Å². The maximum Gasteiger partial charge on any atom is 0.170 e. The molecule has 1 aromatic carbocycles. The molecule has 0 amide bonds. The number of hydrogen-bond donors (Lipinski definition) is 0. The van der Waals surface area contributed by atoms with Crippen LogP contribution in [-0.4, -0.2) is 50.1 Å². The highest BCUT2D eigenvalue weighted by molar-refractivity contribution is 6.01. The van der Waals surface area contributed by atoms with E-state index in [4.69, 9.17) is 14.2 Å². The number of ether oxygens (including phenoxy) is 3. The van der Waals surface area contributed by atoms with Gasteiger partial charge in [0.2, 0.25) is 0 Å². The minimum absolute atomic E-state index is 0.0575. The highest BCUT2D eigenvalue weighted by Crippen LogP contribution is 2.35. The van der Waals surface area contributed by atoms with E-state index in [9.17, 15) is 4.79 Å². The van der Waals surface area contributed by atoms with Gasteiger partial charge in [-0.05, 0) is 46.8 Å². The molecule has 0 bridgehead atoms. The zero-order valence-corrected chi connectivity index (χ0v) is 16.4. The van der Waals surface area contributed by atoms with E-state index in [1.165, 1.54) is 0 Å². The Balaban J connectivity index is 3.01. The predicted molar refractivity (Wildman–Crippen MR) is 101 cm³/mol. The molecule has 0 radical (unpaired) electrons. The van der Waals surface area contributed by atoms with Crippen LogP contribution in [0.1, 0.15) is 57.8 Å². The summed E-state index contributed by atoms with van der Waals surface area (Å²) in [6, 6.07) is 3.57. The van der Waals surface area contributed by atoms with Crippen molar-refractivity contribution in [3.63, 3.8) is 0 Å². The van der Waals surface area contributed by atoms with E-state index in [1.807, 2.05) is 20.8 Å². The Morgan fingerprint density at radius 1 is 0.880 bits per heavy atom. The SMILES string of the molecule is CCOc1cc(OCC)c(C(=O)CCCN(CC)CC)c(OCC)c1. The van der Waals surface area contributed by atoms with Gasteiger partial charge in [-0.15, -0.1) is 0 Å². The van der Waals surface area contributed by atoms with E-state index in [1.54, 1.807) is 12.1 Å². The van der Waals surface area contributed by atoms with E-state index in [2.05, 4.69) is 18.7 Å². The highest BCUT2D eigenvalue weighted by Gasteiger charge is 2.21. The summed E-state index contributed by atoms with van der Waals surface area (Å²) in [5.41, 5.74) is 0.534. The summed E-state index contributed by atoms with van der Waals surface area (Å²) in [6.45, 7) is 14.5. The fourth-order valence-electron chi connectivity index (χ4n) is 2.76. The third kappa shape index (κ3) is 6.58. The monoisotopic (exact) mass is 351 g/mol. The van der Waals surface area contributed by atoms with E-state index < -0.39 is 0 Å². The van der Waals surface area contributed by atoms with Crippen molar-refractivity contribution in [1.82, 2.24) is 4.90 Å². The third-order valence-electron chi connectivity index (χ3n) is 4.00. The van der Waals surface area contributed by atoms with Crippen LogP contribution in [0.3, 0.4) is 0 Å². The van der Waals surface area contributed by atoms with Gasteiger partial charge >= 0.3 is 0 Å². The smallest absolute Gasteiger partial charge is 0.170 e. The van der Waals surface area contributed by atoms with Gasteiger partial charge in [0, 0.05) is 18.6 Å². The summed E-state index contributed by atoms with van der Waals surface area (Å²) in [5, 5.41) is 0. The number of nitrogens with zero attached hydrogens (tertiary/aromatic N) is 1. The van der Waals surface area contributed by atoms with Gasteiger partial charge in [-0.25, -0.2) is 0 Å². The van der Waals surface area contributed by atoms with Gasteiger partial charge < -0.3 is 19.1 Å². The molecule has 0 saturated carbocycles. The molecule has 0 N–H and O–H groups in total. The van der Waals surface area contributed by atoms with Crippen molar-refractivity contribution < 1.29 is 19.0 Å². The average molecular weight is 351 g/mol. The number of hydrogen-bond acceptors (Lipinski definition) is 5. The van der Waals surface area contributed by atoms with Crippen LogP contribution in [0.25, 0.3) is 0 Å². The van der Waals surface area contributed by atoms with Crippen molar-refractivity contribution >= 4 is 5.78 Å². The summed E-state index contributed by atoms with van der Waals surface area (Å²) in [4.78, 5) is 15.2. The summed E-state index contributed by atoms with van der Waals surface area (Å²) >= 11 is 0. The second kappa shape index (κ2) is 11.7.